The van der Waals surface area contributed by atoms with E-state index in [4.69, 9.17) is 10.7 Å². The van der Waals surface area contributed by atoms with E-state index in [9.17, 15) is 14.4 Å². The van der Waals surface area contributed by atoms with Gasteiger partial charge in [0.1, 0.15) is 17.5 Å². The van der Waals surface area contributed by atoms with E-state index < -0.39 is 0 Å². The summed E-state index contributed by atoms with van der Waals surface area (Å²) in [4.78, 5) is 22.4. The highest BCUT2D eigenvalue weighted by atomic mass is 19.1. The van der Waals surface area contributed by atoms with E-state index in [1.807, 2.05) is 30.3 Å². The van der Waals surface area contributed by atoms with Crippen molar-refractivity contribution in [2.24, 2.45) is 5.73 Å². The van der Waals surface area contributed by atoms with Crippen LogP contribution in [0.25, 0.3) is 11.3 Å². The van der Waals surface area contributed by atoms with E-state index in [0.29, 0.717) is 60.1 Å². The van der Waals surface area contributed by atoms with Crippen molar-refractivity contribution >= 4 is 17.5 Å². The Balaban J connectivity index is 1.55. The van der Waals surface area contributed by atoms with Gasteiger partial charge in [-0.3, -0.25) is 4.79 Å². The fraction of sp³-hybridized carbons (Fsp3) is 0.200. The molecule has 0 unspecified atom stereocenters. The summed E-state index contributed by atoms with van der Waals surface area (Å²) in [7, 11) is 0. The number of nitriles is 1. The lowest BCUT2D eigenvalue weighted by molar-refractivity contribution is 0.0951. The molecule has 0 fully saturated rings. The number of amides is 1. The van der Waals surface area contributed by atoms with E-state index >= 15 is 0 Å². The summed E-state index contributed by atoms with van der Waals surface area (Å²) in [5.74, 6) is 0.462. The molecule has 0 bridgehead atoms. The van der Waals surface area contributed by atoms with Crippen LogP contribution >= 0.6 is 0 Å². The minimum absolute atomic E-state index is 0.263. The van der Waals surface area contributed by atoms with Gasteiger partial charge in [0.15, 0.2) is 0 Å². The van der Waals surface area contributed by atoms with Crippen molar-refractivity contribution in [2.75, 3.05) is 30.3 Å². The van der Waals surface area contributed by atoms with Crippen molar-refractivity contribution < 1.29 is 9.18 Å². The third kappa shape index (κ3) is 7.37. The van der Waals surface area contributed by atoms with Gasteiger partial charge in [0.05, 0.1) is 22.9 Å². The standard InChI is InChI=1S/C30H30FN7O/c31-24-9-3-6-21(18-24)13-17-36-29-26(11-12-27(38-29)25-10-2-1-7-22(25)19-33)30(39)37-20-23-8-4-15-34-28(23)35-16-5-14-32/h1-4,6-12,15,18H,5,13-14,16-17,20,32H2,(H,34,35)(H,36,38)(H,37,39). The Kier molecular flexibility index (Phi) is 9.53. The second-order valence-electron chi connectivity index (χ2n) is 8.82. The van der Waals surface area contributed by atoms with Gasteiger partial charge in [0.25, 0.3) is 5.91 Å². The second kappa shape index (κ2) is 13.7. The summed E-state index contributed by atoms with van der Waals surface area (Å²) in [5, 5.41) is 19.0. The third-order valence-electron chi connectivity index (χ3n) is 6.06. The molecule has 198 valence electrons. The van der Waals surface area contributed by atoms with E-state index in [2.05, 4.69) is 27.0 Å². The molecule has 0 spiro atoms. The number of pyridine rings is 2. The summed E-state index contributed by atoms with van der Waals surface area (Å²) >= 11 is 0. The molecule has 2 heterocycles. The van der Waals surface area contributed by atoms with Crippen LogP contribution < -0.4 is 21.7 Å². The lowest BCUT2D eigenvalue weighted by atomic mass is 10.0. The van der Waals surface area contributed by atoms with Crippen LogP contribution in [0.1, 0.15) is 33.5 Å². The Morgan fingerprint density at radius 2 is 1.82 bits per heavy atom. The molecule has 1 amide bonds. The number of hydrogen-bond donors (Lipinski definition) is 4. The molecule has 0 aliphatic heterocycles. The highest BCUT2D eigenvalue weighted by molar-refractivity contribution is 5.99. The predicted octanol–water partition coefficient (Wildman–Crippen LogP) is 4.50. The van der Waals surface area contributed by atoms with Crippen LogP contribution in [0, 0.1) is 17.1 Å². The van der Waals surface area contributed by atoms with Gasteiger partial charge in [0.2, 0.25) is 0 Å². The van der Waals surface area contributed by atoms with Crippen LogP contribution in [-0.4, -0.2) is 35.5 Å². The average Bonchev–Trinajstić information content (AvgIpc) is 2.96. The summed E-state index contributed by atoms with van der Waals surface area (Å²) < 4.78 is 13.6. The van der Waals surface area contributed by atoms with Gasteiger partial charge in [-0.15, -0.1) is 0 Å². The predicted molar refractivity (Wildman–Crippen MR) is 151 cm³/mol. The SMILES string of the molecule is N#Cc1ccccc1-c1ccc(C(=O)NCc2cccnc2NCCCN)c(NCCc2cccc(F)c2)n1. The molecule has 0 saturated carbocycles. The number of rotatable bonds is 12. The van der Waals surface area contributed by atoms with Crippen molar-refractivity contribution in [1.29, 1.82) is 5.26 Å². The fourth-order valence-electron chi connectivity index (χ4n) is 4.07. The topological polar surface area (TPSA) is 129 Å². The smallest absolute Gasteiger partial charge is 0.255 e. The zero-order valence-electron chi connectivity index (χ0n) is 21.5. The molecule has 0 atom stereocenters. The summed E-state index contributed by atoms with van der Waals surface area (Å²) in [6.45, 7) is 1.95. The van der Waals surface area contributed by atoms with Crippen LogP contribution in [0.15, 0.2) is 79.0 Å². The molecule has 4 aromatic rings. The Labute approximate surface area is 227 Å². The third-order valence-corrected chi connectivity index (χ3v) is 6.06. The maximum Gasteiger partial charge on any atom is 0.255 e. The van der Waals surface area contributed by atoms with Crippen LogP contribution in [-0.2, 0) is 13.0 Å². The van der Waals surface area contributed by atoms with Gasteiger partial charge >= 0.3 is 0 Å². The first-order valence-corrected chi connectivity index (χ1v) is 12.7. The lowest BCUT2D eigenvalue weighted by Crippen LogP contribution is -2.25. The molecule has 0 aliphatic carbocycles. The van der Waals surface area contributed by atoms with E-state index in [-0.39, 0.29) is 18.3 Å². The van der Waals surface area contributed by atoms with Crippen LogP contribution in [0.5, 0.6) is 0 Å². The van der Waals surface area contributed by atoms with Crippen LogP contribution in [0.4, 0.5) is 16.0 Å². The van der Waals surface area contributed by atoms with Gasteiger partial charge in [-0.1, -0.05) is 36.4 Å². The van der Waals surface area contributed by atoms with Gasteiger partial charge in [0, 0.05) is 37.0 Å². The molecule has 0 aliphatic rings. The van der Waals surface area contributed by atoms with Gasteiger partial charge < -0.3 is 21.7 Å². The van der Waals surface area contributed by atoms with Crippen molar-refractivity contribution in [1.82, 2.24) is 15.3 Å². The van der Waals surface area contributed by atoms with Crippen molar-refractivity contribution in [3.8, 4) is 17.3 Å². The molecular weight excluding hydrogens is 493 g/mol. The first kappa shape index (κ1) is 27.2. The number of hydrogen-bond acceptors (Lipinski definition) is 7. The molecule has 2 aromatic carbocycles. The molecule has 4 rings (SSSR count). The second-order valence-corrected chi connectivity index (χ2v) is 8.82. The van der Waals surface area contributed by atoms with E-state index in [1.54, 1.807) is 36.5 Å². The van der Waals surface area contributed by atoms with Crippen molar-refractivity contribution in [2.45, 2.75) is 19.4 Å². The maximum atomic E-state index is 13.6. The first-order valence-electron chi connectivity index (χ1n) is 12.7. The summed E-state index contributed by atoms with van der Waals surface area (Å²) in [6.07, 6.45) is 3.03. The first-order chi connectivity index (χ1) is 19.1. The summed E-state index contributed by atoms with van der Waals surface area (Å²) in [5.41, 5.74) is 9.33. The number of benzene rings is 2. The normalized spacial score (nSPS) is 10.5. The minimum atomic E-state index is -0.312. The Hall–Kier alpha value is -4.81. The highest BCUT2D eigenvalue weighted by Crippen LogP contribution is 2.25. The van der Waals surface area contributed by atoms with Gasteiger partial charge in [-0.05, 0) is 61.3 Å². The largest absolute Gasteiger partial charge is 0.370 e. The van der Waals surface area contributed by atoms with Gasteiger partial charge in [-0.2, -0.15) is 5.26 Å². The highest BCUT2D eigenvalue weighted by Gasteiger charge is 2.16. The van der Waals surface area contributed by atoms with Crippen LogP contribution in [0.3, 0.4) is 0 Å². The number of nitrogens with two attached hydrogens (primary N) is 1. The molecule has 8 nitrogen and oxygen atoms in total. The number of nitrogens with one attached hydrogen (secondary N) is 3. The molecule has 39 heavy (non-hydrogen) atoms. The minimum Gasteiger partial charge on any atom is -0.370 e. The number of carbonyl (C=O) groups excluding carboxylic acids is 1. The number of anilines is 2. The molecular formula is C30H30FN7O. The van der Waals surface area contributed by atoms with E-state index in [0.717, 1.165) is 17.5 Å². The van der Waals surface area contributed by atoms with Crippen molar-refractivity contribution in [3.05, 3.63) is 107 Å². The quantitative estimate of drug-likeness (QED) is 0.201. The zero-order valence-corrected chi connectivity index (χ0v) is 21.5. The van der Waals surface area contributed by atoms with Crippen LogP contribution in [0.2, 0.25) is 0 Å². The number of nitrogens with zero attached hydrogens (tertiary/aromatic N) is 3. The number of aromatic nitrogens is 2. The molecule has 9 heteroatoms. The monoisotopic (exact) mass is 523 g/mol. The Morgan fingerprint density at radius 3 is 2.64 bits per heavy atom. The fourth-order valence-corrected chi connectivity index (χ4v) is 4.07. The van der Waals surface area contributed by atoms with Crippen molar-refractivity contribution in [3.63, 3.8) is 0 Å². The number of carbonyl (C=O) groups is 1. The average molecular weight is 524 g/mol. The molecule has 0 saturated heterocycles. The zero-order chi connectivity index (χ0) is 27.5. The van der Waals surface area contributed by atoms with Gasteiger partial charge in [-0.25, -0.2) is 14.4 Å². The summed E-state index contributed by atoms with van der Waals surface area (Å²) in [6, 6.07) is 22.9. The number of halogens is 1. The molecule has 5 N–H and O–H groups in total. The Bertz CT molecular complexity index is 1470. The molecule has 0 radical (unpaired) electrons. The molecule has 2 aromatic heterocycles. The van der Waals surface area contributed by atoms with E-state index in [1.165, 1.54) is 12.1 Å². The maximum absolute atomic E-state index is 13.6. The Morgan fingerprint density at radius 1 is 0.974 bits per heavy atom. The lowest BCUT2D eigenvalue weighted by Gasteiger charge is -2.15.